The molecule has 0 aromatic heterocycles. The summed E-state index contributed by atoms with van der Waals surface area (Å²) in [5.74, 6) is 1.51. The van der Waals surface area contributed by atoms with Crippen molar-refractivity contribution >= 4 is 11.6 Å². The van der Waals surface area contributed by atoms with Crippen LogP contribution >= 0.6 is 11.6 Å². The van der Waals surface area contributed by atoms with E-state index >= 15 is 0 Å². The van der Waals surface area contributed by atoms with Gasteiger partial charge >= 0.3 is 0 Å². The molecule has 0 bridgehead atoms. The van der Waals surface area contributed by atoms with Gasteiger partial charge < -0.3 is 11.1 Å². The minimum absolute atomic E-state index is 0.280. The monoisotopic (exact) mass is 294 g/mol. The number of nitrogens with one attached hydrogen (secondary N) is 1. The quantitative estimate of drug-likeness (QED) is 0.813. The van der Waals surface area contributed by atoms with Gasteiger partial charge in [-0.3, -0.25) is 0 Å². The smallest absolute Gasteiger partial charge is 0.0186 e. The first kappa shape index (κ1) is 14.6. The SMILES string of the molecule is NCC1(C2C=CC=C(Cl)C2)CCC(NCC2CC2)CC1. The fourth-order valence-corrected chi connectivity index (χ4v) is 4.08. The predicted molar refractivity (Wildman–Crippen MR) is 85.7 cm³/mol. The van der Waals surface area contributed by atoms with Gasteiger partial charge in [0.2, 0.25) is 0 Å². The van der Waals surface area contributed by atoms with E-state index in [9.17, 15) is 0 Å². The lowest BCUT2D eigenvalue weighted by Gasteiger charge is -2.45. The highest BCUT2D eigenvalue weighted by atomic mass is 35.5. The zero-order chi connectivity index (χ0) is 14.0. The molecule has 2 nitrogen and oxygen atoms in total. The number of nitrogens with two attached hydrogens (primary N) is 1. The zero-order valence-corrected chi connectivity index (χ0v) is 13.0. The maximum absolute atomic E-state index is 6.23. The Kier molecular flexibility index (Phi) is 4.54. The average Bonchev–Trinajstić information content (AvgIpc) is 3.30. The Labute approximate surface area is 127 Å². The first-order valence-corrected chi connectivity index (χ1v) is 8.56. The van der Waals surface area contributed by atoms with E-state index in [1.54, 1.807) is 0 Å². The lowest BCUT2D eigenvalue weighted by molar-refractivity contribution is 0.115. The fourth-order valence-electron chi connectivity index (χ4n) is 3.84. The largest absolute Gasteiger partial charge is 0.330 e. The highest BCUT2D eigenvalue weighted by Gasteiger charge is 2.40. The van der Waals surface area contributed by atoms with Crippen LogP contribution in [0, 0.1) is 17.3 Å². The summed E-state index contributed by atoms with van der Waals surface area (Å²) in [6.07, 6.45) is 15.3. The van der Waals surface area contributed by atoms with Gasteiger partial charge in [-0.05, 0) is 81.4 Å². The van der Waals surface area contributed by atoms with Crippen molar-refractivity contribution in [1.29, 1.82) is 0 Å². The van der Waals surface area contributed by atoms with Crippen LogP contribution < -0.4 is 11.1 Å². The van der Waals surface area contributed by atoms with Crippen molar-refractivity contribution in [3.05, 3.63) is 23.3 Å². The summed E-state index contributed by atoms with van der Waals surface area (Å²) < 4.78 is 0. The van der Waals surface area contributed by atoms with Crippen LogP contribution in [0.3, 0.4) is 0 Å². The summed E-state index contributed by atoms with van der Waals surface area (Å²) in [5, 5.41) is 4.75. The third kappa shape index (κ3) is 3.29. The second-order valence-electron chi connectivity index (χ2n) is 7.00. The third-order valence-electron chi connectivity index (χ3n) is 5.60. The van der Waals surface area contributed by atoms with E-state index in [4.69, 9.17) is 17.3 Å². The van der Waals surface area contributed by atoms with Crippen LogP contribution in [0.25, 0.3) is 0 Å². The van der Waals surface area contributed by atoms with E-state index in [-0.39, 0.29) is 5.41 Å². The van der Waals surface area contributed by atoms with E-state index in [1.807, 2.05) is 6.08 Å². The Hall–Kier alpha value is -0.310. The van der Waals surface area contributed by atoms with Crippen LogP contribution in [0.5, 0.6) is 0 Å². The molecule has 3 heteroatoms. The Morgan fingerprint density at radius 3 is 2.60 bits per heavy atom. The zero-order valence-electron chi connectivity index (χ0n) is 12.3. The molecular weight excluding hydrogens is 268 g/mol. The number of rotatable bonds is 5. The molecule has 3 aliphatic rings. The van der Waals surface area contributed by atoms with Crippen molar-refractivity contribution in [1.82, 2.24) is 5.32 Å². The van der Waals surface area contributed by atoms with Gasteiger partial charge in [0.1, 0.15) is 0 Å². The molecule has 3 rings (SSSR count). The number of halogens is 1. The van der Waals surface area contributed by atoms with Gasteiger partial charge in [0.15, 0.2) is 0 Å². The second kappa shape index (κ2) is 6.21. The number of hydrogen-bond acceptors (Lipinski definition) is 2. The first-order chi connectivity index (χ1) is 9.72. The van der Waals surface area contributed by atoms with Crippen LogP contribution in [0.15, 0.2) is 23.3 Å². The summed E-state index contributed by atoms with van der Waals surface area (Å²) in [6, 6.07) is 0.717. The highest BCUT2D eigenvalue weighted by molar-refractivity contribution is 6.29. The van der Waals surface area contributed by atoms with Crippen molar-refractivity contribution < 1.29 is 0 Å². The van der Waals surface area contributed by atoms with Gasteiger partial charge in [-0.1, -0.05) is 23.8 Å². The third-order valence-corrected chi connectivity index (χ3v) is 5.88. The number of hydrogen-bond donors (Lipinski definition) is 2. The molecule has 0 radical (unpaired) electrons. The fraction of sp³-hybridized carbons (Fsp3) is 0.765. The van der Waals surface area contributed by atoms with Crippen LogP contribution in [0.4, 0.5) is 0 Å². The van der Waals surface area contributed by atoms with Crippen LogP contribution in [0.1, 0.15) is 44.9 Å². The lowest BCUT2D eigenvalue weighted by atomic mass is 9.63. The molecule has 0 aromatic carbocycles. The molecule has 0 aliphatic heterocycles. The molecule has 1 atom stereocenters. The topological polar surface area (TPSA) is 38.0 Å². The van der Waals surface area contributed by atoms with Crippen molar-refractivity contribution in [2.24, 2.45) is 23.0 Å². The van der Waals surface area contributed by atoms with E-state index in [2.05, 4.69) is 17.5 Å². The van der Waals surface area contributed by atoms with Crippen molar-refractivity contribution in [3.63, 3.8) is 0 Å². The maximum Gasteiger partial charge on any atom is 0.0186 e. The molecule has 2 saturated carbocycles. The Morgan fingerprint density at radius 2 is 2.00 bits per heavy atom. The lowest BCUT2D eigenvalue weighted by Crippen LogP contribution is -2.45. The van der Waals surface area contributed by atoms with Crippen LogP contribution in [0.2, 0.25) is 0 Å². The standard InChI is InChI=1S/C17H27ClN2/c18-15-3-1-2-14(10-15)17(12-19)8-6-16(7-9-17)20-11-13-4-5-13/h1-3,13-14,16,20H,4-12,19H2. The van der Waals surface area contributed by atoms with Gasteiger partial charge in [-0.2, -0.15) is 0 Å². The van der Waals surface area contributed by atoms with Gasteiger partial charge in [0.05, 0.1) is 0 Å². The molecule has 0 heterocycles. The summed E-state index contributed by atoms with van der Waals surface area (Å²) in [4.78, 5) is 0. The molecule has 2 fully saturated rings. The van der Waals surface area contributed by atoms with E-state index in [0.29, 0.717) is 12.0 Å². The van der Waals surface area contributed by atoms with Crippen molar-refractivity contribution in [2.75, 3.05) is 13.1 Å². The Morgan fingerprint density at radius 1 is 1.25 bits per heavy atom. The minimum Gasteiger partial charge on any atom is -0.330 e. The molecule has 0 saturated heterocycles. The summed E-state index contributed by atoms with van der Waals surface area (Å²) in [5.41, 5.74) is 6.46. The van der Waals surface area contributed by atoms with Gasteiger partial charge in [0.25, 0.3) is 0 Å². The molecule has 3 N–H and O–H groups in total. The van der Waals surface area contributed by atoms with Crippen molar-refractivity contribution in [2.45, 2.75) is 51.0 Å². The van der Waals surface area contributed by atoms with E-state index in [0.717, 1.165) is 23.9 Å². The Balaban J connectivity index is 1.55. The van der Waals surface area contributed by atoms with Gasteiger partial charge in [-0.25, -0.2) is 0 Å². The normalized spacial score (nSPS) is 37.8. The molecular formula is C17H27ClN2. The van der Waals surface area contributed by atoms with E-state index in [1.165, 1.54) is 45.1 Å². The van der Waals surface area contributed by atoms with Gasteiger partial charge in [0, 0.05) is 11.1 Å². The van der Waals surface area contributed by atoms with E-state index < -0.39 is 0 Å². The predicted octanol–water partition coefficient (Wildman–Crippen LogP) is 3.57. The maximum atomic E-state index is 6.23. The molecule has 0 spiro atoms. The molecule has 1 unspecified atom stereocenters. The summed E-state index contributed by atoms with van der Waals surface area (Å²) >= 11 is 6.23. The van der Waals surface area contributed by atoms with Gasteiger partial charge in [-0.15, -0.1) is 0 Å². The molecule has 20 heavy (non-hydrogen) atoms. The average molecular weight is 295 g/mol. The molecule has 112 valence electrons. The summed E-state index contributed by atoms with van der Waals surface area (Å²) in [7, 11) is 0. The highest BCUT2D eigenvalue weighted by Crippen LogP contribution is 2.46. The minimum atomic E-state index is 0.280. The molecule has 0 aromatic rings. The molecule has 3 aliphatic carbocycles. The first-order valence-electron chi connectivity index (χ1n) is 8.18. The van der Waals surface area contributed by atoms with Crippen LogP contribution in [-0.4, -0.2) is 19.1 Å². The van der Waals surface area contributed by atoms with Crippen molar-refractivity contribution in [3.8, 4) is 0 Å². The second-order valence-corrected chi connectivity index (χ2v) is 7.49. The summed E-state index contributed by atoms with van der Waals surface area (Å²) in [6.45, 7) is 2.03. The van der Waals surface area contributed by atoms with Crippen LogP contribution in [-0.2, 0) is 0 Å². The Bertz CT molecular complexity index is 390. The number of allylic oxidation sites excluding steroid dienone is 4. The molecule has 0 amide bonds.